The van der Waals surface area contributed by atoms with Crippen molar-refractivity contribution in [1.29, 1.82) is 0 Å². The molecule has 1 saturated carbocycles. The predicted molar refractivity (Wildman–Crippen MR) is 69.5 cm³/mol. The number of rotatable bonds is 6. The Morgan fingerprint density at radius 2 is 1.81 bits per heavy atom. The summed E-state index contributed by atoms with van der Waals surface area (Å²) in [5, 5.41) is 11.9. The Hall–Kier alpha value is -0.0800. The van der Waals surface area contributed by atoms with E-state index >= 15 is 0 Å². The Balaban J connectivity index is 2.11. The van der Waals surface area contributed by atoms with Crippen LogP contribution in [0.15, 0.2) is 0 Å². The lowest BCUT2D eigenvalue weighted by molar-refractivity contribution is 0.257. The normalized spacial score (nSPS) is 27.4. The Morgan fingerprint density at radius 3 is 2.56 bits per heavy atom. The Labute approximate surface area is 101 Å². The number of hydrogen-bond acceptors (Lipinski definition) is 2. The lowest BCUT2D eigenvalue weighted by Crippen LogP contribution is -2.21. The molecule has 96 valence electrons. The number of nitrogens with one attached hydrogen (secondary N) is 1. The quantitative estimate of drug-likeness (QED) is 0.684. The minimum Gasteiger partial charge on any atom is -0.395 e. The maximum atomic E-state index is 8.66. The van der Waals surface area contributed by atoms with E-state index in [0.717, 1.165) is 24.9 Å². The third kappa shape index (κ3) is 5.86. The maximum Gasteiger partial charge on any atom is 0.0555 e. The first kappa shape index (κ1) is 14.0. The van der Waals surface area contributed by atoms with E-state index < -0.39 is 0 Å². The molecule has 1 aliphatic rings. The maximum absolute atomic E-state index is 8.66. The van der Waals surface area contributed by atoms with Crippen LogP contribution in [0.5, 0.6) is 0 Å². The van der Waals surface area contributed by atoms with E-state index in [4.69, 9.17) is 5.11 Å². The van der Waals surface area contributed by atoms with Crippen LogP contribution >= 0.6 is 0 Å². The Kier molecular flexibility index (Phi) is 7.87. The SMILES string of the molecule is CC1CCCCCCC1CCCNCCO. The molecule has 0 saturated heterocycles. The molecule has 1 aliphatic carbocycles. The minimum absolute atomic E-state index is 0.264. The molecule has 0 spiro atoms. The molecule has 0 bridgehead atoms. The third-order valence-corrected chi connectivity index (χ3v) is 4.01. The Morgan fingerprint density at radius 1 is 1.06 bits per heavy atom. The van der Waals surface area contributed by atoms with Crippen LogP contribution < -0.4 is 5.32 Å². The first-order valence-corrected chi connectivity index (χ1v) is 7.16. The van der Waals surface area contributed by atoms with Crippen molar-refractivity contribution in [2.24, 2.45) is 11.8 Å². The van der Waals surface area contributed by atoms with Crippen LogP contribution in [0.4, 0.5) is 0 Å². The molecule has 0 radical (unpaired) electrons. The summed E-state index contributed by atoms with van der Waals surface area (Å²) >= 11 is 0. The van der Waals surface area contributed by atoms with Crippen LogP contribution in [0.2, 0.25) is 0 Å². The first-order chi connectivity index (χ1) is 7.84. The fourth-order valence-electron chi connectivity index (χ4n) is 2.87. The molecule has 0 aliphatic heterocycles. The summed E-state index contributed by atoms with van der Waals surface area (Å²) < 4.78 is 0. The van der Waals surface area contributed by atoms with Crippen LogP contribution in [-0.4, -0.2) is 24.8 Å². The summed E-state index contributed by atoms with van der Waals surface area (Å²) in [6, 6.07) is 0. The summed E-state index contributed by atoms with van der Waals surface area (Å²) in [6.07, 6.45) is 11.3. The highest BCUT2D eigenvalue weighted by atomic mass is 16.3. The summed E-state index contributed by atoms with van der Waals surface area (Å²) in [5.74, 6) is 1.88. The van der Waals surface area contributed by atoms with Gasteiger partial charge in [-0.15, -0.1) is 0 Å². The summed E-state index contributed by atoms with van der Waals surface area (Å²) in [7, 11) is 0. The highest BCUT2D eigenvalue weighted by Gasteiger charge is 2.18. The minimum atomic E-state index is 0.264. The fraction of sp³-hybridized carbons (Fsp3) is 1.00. The molecule has 1 rings (SSSR count). The monoisotopic (exact) mass is 227 g/mol. The first-order valence-electron chi connectivity index (χ1n) is 7.16. The van der Waals surface area contributed by atoms with Crippen molar-refractivity contribution in [3.63, 3.8) is 0 Å². The highest BCUT2D eigenvalue weighted by Crippen LogP contribution is 2.30. The lowest BCUT2D eigenvalue weighted by Gasteiger charge is -2.26. The molecular weight excluding hydrogens is 198 g/mol. The van der Waals surface area contributed by atoms with Gasteiger partial charge in [0.05, 0.1) is 6.61 Å². The number of hydrogen-bond donors (Lipinski definition) is 2. The van der Waals surface area contributed by atoms with Gasteiger partial charge >= 0.3 is 0 Å². The average Bonchev–Trinajstić information content (AvgIpc) is 2.27. The molecule has 0 aromatic heterocycles. The van der Waals surface area contributed by atoms with Crippen LogP contribution in [0.3, 0.4) is 0 Å². The van der Waals surface area contributed by atoms with Gasteiger partial charge in [-0.25, -0.2) is 0 Å². The third-order valence-electron chi connectivity index (χ3n) is 4.01. The van der Waals surface area contributed by atoms with Crippen LogP contribution in [0, 0.1) is 11.8 Å². The van der Waals surface area contributed by atoms with Crippen molar-refractivity contribution in [1.82, 2.24) is 5.32 Å². The summed E-state index contributed by atoms with van der Waals surface area (Å²) in [4.78, 5) is 0. The van der Waals surface area contributed by atoms with Gasteiger partial charge in [-0.2, -0.15) is 0 Å². The standard InChI is InChI=1S/C14H29NO/c1-13-7-4-2-3-5-8-14(13)9-6-10-15-11-12-16/h13-16H,2-12H2,1H3. The van der Waals surface area contributed by atoms with Gasteiger partial charge in [0, 0.05) is 6.54 Å². The van der Waals surface area contributed by atoms with Gasteiger partial charge in [-0.1, -0.05) is 45.4 Å². The summed E-state index contributed by atoms with van der Waals surface area (Å²) in [6.45, 7) is 4.53. The van der Waals surface area contributed by atoms with Crippen molar-refractivity contribution < 1.29 is 5.11 Å². The van der Waals surface area contributed by atoms with Crippen LogP contribution in [-0.2, 0) is 0 Å². The predicted octanol–water partition coefficient (Wildman–Crippen LogP) is 2.96. The van der Waals surface area contributed by atoms with E-state index in [1.54, 1.807) is 0 Å². The van der Waals surface area contributed by atoms with Crippen LogP contribution in [0.1, 0.15) is 58.3 Å². The summed E-state index contributed by atoms with van der Waals surface area (Å²) in [5.41, 5.74) is 0. The molecule has 1 fully saturated rings. The van der Waals surface area contributed by atoms with Gasteiger partial charge in [-0.05, 0) is 31.2 Å². The van der Waals surface area contributed by atoms with Gasteiger partial charge in [0.15, 0.2) is 0 Å². The second-order valence-electron chi connectivity index (χ2n) is 5.34. The van der Waals surface area contributed by atoms with Crippen molar-refractivity contribution in [2.45, 2.75) is 58.3 Å². The molecule has 2 N–H and O–H groups in total. The van der Waals surface area contributed by atoms with E-state index in [0.29, 0.717) is 0 Å². The molecule has 0 amide bonds. The van der Waals surface area contributed by atoms with Gasteiger partial charge in [0.25, 0.3) is 0 Å². The zero-order chi connectivity index (χ0) is 11.6. The van der Waals surface area contributed by atoms with Crippen molar-refractivity contribution in [3.05, 3.63) is 0 Å². The largest absolute Gasteiger partial charge is 0.395 e. The van der Waals surface area contributed by atoms with Crippen molar-refractivity contribution >= 4 is 0 Å². The number of aliphatic hydroxyl groups excluding tert-OH is 1. The van der Waals surface area contributed by atoms with Gasteiger partial charge in [-0.3, -0.25) is 0 Å². The molecule has 0 aromatic rings. The molecule has 16 heavy (non-hydrogen) atoms. The van der Waals surface area contributed by atoms with E-state index in [9.17, 15) is 0 Å². The molecule has 2 heteroatoms. The van der Waals surface area contributed by atoms with E-state index in [-0.39, 0.29) is 6.61 Å². The van der Waals surface area contributed by atoms with Gasteiger partial charge in [0.1, 0.15) is 0 Å². The topological polar surface area (TPSA) is 32.3 Å². The average molecular weight is 227 g/mol. The van der Waals surface area contributed by atoms with Gasteiger partial charge < -0.3 is 10.4 Å². The van der Waals surface area contributed by atoms with Crippen molar-refractivity contribution in [3.8, 4) is 0 Å². The smallest absolute Gasteiger partial charge is 0.0555 e. The lowest BCUT2D eigenvalue weighted by atomic mass is 9.80. The van der Waals surface area contributed by atoms with Crippen molar-refractivity contribution in [2.75, 3.05) is 19.7 Å². The zero-order valence-electron chi connectivity index (χ0n) is 10.9. The van der Waals surface area contributed by atoms with E-state index in [1.807, 2.05) is 0 Å². The van der Waals surface area contributed by atoms with Gasteiger partial charge in [0.2, 0.25) is 0 Å². The van der Waals surface area contributed by atoms with E-state index in [2.05, 4.69) is 12.2 Å². The zero-order valence-corrected chi connectivity index (χ0v) is 10.9. The Bertz CT molecular complexity index is 161. The van der Waals surface area contributed by atoms with Crippen LogP contribution in [0.25, 0.3) is 0 Å². The number of aliphatic hydroxyl groups is 1. The molecule has 0 heterocycles. The second-order valence-corrected chi connectivity index (χ2v) is 5.34. The molecule has 2 nitrogen and oxygen atoms in total. The molecule has 2 unspecified atom stereocenters. The fourth-order valence-corrected chi connectivity index (χ4v) is 2.87. The molecule has 2 atom stereocenters. The highest BCUT2D eigenvalue weighted by molar-refractivity contribution is 4.70. The molecular formula is C14H29NO. The van der Waals surface area contributed by atoms with E-state index in [1.165, 1.54) is 51.4 Å². The second kappa shape index (κ2) is 9.00. The molecule has 0 aromatic carbocycles.